The summed E-state index contributed by atoms with van der Waals surface area (Å²) in [4.78, 5) is 25.9. The van der Waals surface area contributed by atoms with Crippen LogP contribution in [0.5, 0.6) is 0 Å². The third-order valence-corrected chi connectivity index (χ3v) is 2.29. The van der Waals surface area contributed by atoms with E-state index in [9.17, 15) is 9.59 Å². The number of nitrogens with one attached hydrogen (secondary N) is 1. The fraction of sp³-hybridized carbons (Fsp3) is 0.100. The van der Waals surface area contributed by atoms with Crippen molar-refractivity contribution in [2.45, 2.75) is 0 Å². The Kier molecular flexibility index (Phi) is 4.65. The maximum atomic E-state index is 11.3. The first-order chi connectivity index (χ1) is 8.06. The zero-order valence-corrected chi connectivity index (χ0v) is 10.2. The Labute approximate surface area is 105 Å². The predicted molar refractivity (Wildman–Crippen MR) is 64.1 cm³/mol. The average molecular weight is 301 g/mol. The SMILES string of the molecule is C=CCOC(=O)Nc1c(Br)cncc1C(=O)O. The van der Waals surface area contributed by atoms with E-state index in [1.807, 2.05) is 0 Å². The molecule has 0 spiro atoms. The summed E-state index contributed by atoms with van der Waals surface area (Å²) >= 11 is 3.10. The van der Waals surface area contributed by atoms with Gasteiger partial charge in [0.25, 0.3) is 0 Å². The van der Waals surface area contributed by atoms with Crippen molar-refractivity contribution in [1.82, 2.24) is 4.98 Å². The Hall–Kier alpha value is -1.89. The molecule has 0 bridgehead atoms. The van der Waals surface area contributed by atoms with Crippen LogP contribution in [0.3, 0.4) is 0 Å². The summed E-state index contributed by atoms with van der Waals surface area (Å²) in [7, 11) is 0. The number of halogens is 1. The van der Waals surface area contributed by atoms with Crippen molar-refractivity contribution in [2.24, 2.45) is 0 Å². The van der Waals surface area contributed by atoms with Gasteiger partial charge >= 0.3 is 12.1 Å². The lowest BCUT2D eigenvalue weighted by Gasteiger charge is -2.09. The zero-order valence-electron chi connectivity index (χ0n) is 8.64. The first kappa shape index (κ1) is 13.2. The van der Waals surface area contributed by atoms with Crippen molar-refractivity contribution in [1.29, 1.82) is 0 Å². The van der Waals surface area contributed by atoms with Crippen LogP contribution in [-0.4, -0.2) is 28.8 Å². The zero-order chi connectivity index (χ0) is 12.8. The van der Waals surface area contributed by atoms with Crippen molar-refractivity contribution in [3.05, 3.63) is 35.1 Å². The van der Waals surface area contributed by atoms with E-state index in [0.29, 0.717) is 4.47 Å². The summed E-state index contributed by atoms with van der Waals surface area (Å²) in [5, 5.41) is 11.2. The molecule has 1 aromatic rings. The van der Waals surface area contributed by atoms with Crippen LogP contribution in [0.15, 0.2) is 29.5 Å². The standard InChI is InChI=1S/C10H9BrN2O4/c1-2-3-17-10(16)13-8-6(9(14)15)4-12-5-7(8)11/h2,4-5H,1,3H2,(H,14,15)(H,12,13,16). The summed E-state index contributed by atoms with van der Waals surface area (Å²) in [5.41, 5.74) is -0.0310. The predicted octanol–water partition coefficient (Wildman–Crippen LogP) is 2.28. The molecule has 6 nitrogen and oxygen atoms in total. The molecule has 0 saturated carbocycles. The third kappa shape index (κ3) is 3.56. The second-order valence-corrected chi connectivity index (χ2v) is 3.72. The largest absolute Gasteiger partial charge is 0.478 e. The number of hydrogen-bond acceptors (Lipinski definition) is 4. The van der Waals surface area contributed by atoms with Gasteiger partial charge in [0.1, 0.15) is 12.2 Å². The number of aromatic carboxylic acids is 1. The number of carbonyl (C=O) groups excluding carboxylic acids is 1. The Morgan fingerprint density at radius 1 is 1.59 bits per heavy atom. The van der Waals surface area contributed by atoms with E-state index in [1.165, 1.54) is 12.3 Å². The average Bonchev–Trinajstić information content (AvgIpc) is 2.28. The minimum absolute atomic E-state index is 0.0386. The maximum Gasteiger partial charge on any atom is 0.411 e. The lowest BCUT2D eigenvalue weighted by Crippen LogP contribution is -2.16. The van der Waals surface area contributed by atoms with Gasteiger partial charge < -0.3 is 9.84 Å². The van der Waals surface area contributed by atoms with E-state index >= 15 is 0 Å². The van der Waals surface area contributed by atoms with Crippen molar-refractivity contribution in [3.8, 4) is 0 Å². The van der Waals surface area contributed by atoms with Crippen LogP contribution in [0.4, 0.5) is 10.5 Å². The smallest absolute Gasteiger partial charge is 0.411 e. The lowest BCUT2D eigenvalue weighted by molar-refractivity contribution is 0.0697. The summed E-state index contributed by atoms with van der Waals surface area (Å²) in [6.45, 7) is 3.42. The molecule has 1 amide bonds. The molecule has 0 aliphatic heterocycles. The van der Waals surface area contributed by atoms with Gasteiger partial charge in [-0.25, -0.2) is 9.59 Å². The number of pyridine rings is 1. The molecule has 0 atom stereocenters. The number of aromatic nitrogens is 1. The maximum absolute atomic E-state index is 11.3. The van der Waals surface area contributed by atoms with E-state index in [-0.39, 0.29) is 17.9 Å². The summed E-state index contributed by atoms with van der Waals surface area (Å²) in [6.07, 6.45) is 3.14. The van der Waals surface area contributed by atoms with Gasteiger partial charge in [-0.3, -0.25) is 10.3 Å². The van der Waals surface area contributed by atoms with E-state index < -0.39 is 12.1 Å². The highest BCUT2D eigenvalue weighted by molar-refractivity contribution is 9.10. The third-order valence-electron chi connectivity index (χ3n) is 1.69. The molecule has 0 unspecified atom stereocenters. The quantitative estimate of drug-likeness (QED) is 0.833. The van der Waals surface area contributed by atoms with Crippen LogP contribution in [0.1, 0.15) is 10.4 Å². The molecular weight excluding hydrogens is 292 g/mol. The number of hydrogen-bond donors (Lipinski definition) is 2. The summed E-state index contributed by atoms with van der Waals surface area (Å²) in [6, 6.07) is 0. The number of carboxylic acid groups (broad SMARTS) is 1. The van der Waals surface area contributed by atoms with Gasteiger partial charge in [-0.1, -0.05) is 12.7 Å². The molecule has 2 N–H and O–H groups in total. The Morgan fingerprint density at radius 3 is 2.88 bits per heavy atom. The minimum atomic E-state index is -1.20. The molecule has 0 aliphatic rings. The van der Waals surface area contributed by atoms with Gasteiger partial charge in [0.2, 0.25) is 0 Å². The van der Waals surface area contributed by atoms with E-state index in [1.54, 1.807) is 0 Å². The van der Waals surface area contributed by atoms with Gasteiger partial charge in [0.15, 0.2) is 0 Å². The molecular formula is C10H9BrN2O4. The number of ether oxygens (including phenoxy) is 1. The summed E-state index contributed by atoms with van der Waals surface area (Å²) < 4.78 is 5.04. The van der Waals surface area contributed by atoms with Crippen LogP contribution < -0.4 is 5.32 Å². The Morgan fingerprint density at radius 2 is 2.29 bits per heavy atom. The molecule has 7 heteroatoms. The van der Waals surface area contributed by atoms with Gasteiger partial charge in [-0.2, -0.15) is 0 Å². The van der Waals surface area contributed by atoms with Gasteiger partial charge in [0, 0.05) is 12.4 Å². The topological polar surface area (TPSA) is 88.5 Å². The number of amides is 1. The van der Waals surface area contributed by atoms with Gasteiger partial charge in [-0.05, 0) is 15.9 Å². The number of nitrogens with zero attached hydrogens (tertiary/aromatic N) is 1. The lowest BCUT2D eigenvalue weighted by atomic mass is 10.2. The number of carboxylic acids is 1. The van der Waals surface area contributed by atoms with Crippen molar-refractivity contribution >= 4 is 33.7 Å². The van der Waals surface area contributed by atoms with Gasteiger partial charge in [0.05, 0.1) is 10.2 Å². The first-order valence-electron chi connectivity index (χ1n) is 4.47. The highest BCUT2D eigenvalue weighted by Gasteiger charge is 2.16. The van der Waals surface area contributed by atoms with Gasteiger partial charge in [-0.15, -0.1) is 0 Å². The number of carbonyl (C=O) groups is 2. The van der Waals surface area contributed by atoms with Crippen LogP contribution >= 0.6 is 15.9 Å². The highest BCUT2D eigenvalue weighted by Crippen LogP contribution is 2.25. The molecule has 1 heterocycles. The Bertz CT molecular complexity index is 462. The molecule has 17 heavy (non-hydrogen) atoms. The first-order valence-corrected chi connectivity index (χ1v) is 5.27. The molecule has 0 aliphatic carbocycles. The number of rotatable bonds is 4. The molecule has 1 rings (SSSR count). The van der Waals surface area contributed by atoms with Crippen LogP contribution in [-0.2, 0) is 4.74 Å². The van der Waals surface area contributed by atoms with Crippen LogP contribution in [0, 0.1) is 0 Å². The van der Waals surface area contributed by atoms with Crippen molar-refractivity contribution < 1.29 is 19.4 Å². The Balaban J connectivity index is 2.92. The summed E-state index contributed by atoms with van der Waals surface area (Å²) in [5.74, 6) is -1.20. The van der Waals surface area contributed by atoms with E-state index in [4.69, 9.17) is 5.11 Å². The minimum Gasteiger partial charge on any atom is -0.478 e. The van der Waals surface area contributed by atoms with Crippen LogP contribution in [0.25, 0.3) is 0 Å². The highest BCUT2D eigenvalue weighted by atomic mass is 79.9. The number of anilines is 1. The molecule has 0 radical (unpaired) electrons. The van der Waals surface area contributed by atoms with Crippen LogP contribution in [0.2, 0.25) is 0 Å². The molecule has 0 saturated heterocycles. The monoisotopic (exact) mass is 300 g/mol. The van der Waals surface area contributed by atoms with Crippen molar-refractivity contribution in [3.63, 3.8) is 0 Å². The molecule has 0 aromatic carbocycles. The van der Waals surface area contributed by atoms with Crippen molar-refractivity contribution in [2.75, 3.05) is 11.9 Å². The normalized spacial score (nSPS) is 9.47. The van der Waals surface area contributed by atoms with E-state index in [0.717, 1.165) is 6.20 Å². The second-order valence-electron chi connectivity index (χ2n) is 2.86. The second kappa shape index (κ2) is 6.00. The fourth-order valence-corrected chi connectivity index (χ4v) is 1.43. The molecule has 90 valence electrons. The van der Waals surface area contributed by atoms with E-state index in [2.05, 4.69) is 37.5 Å². The molecule has 1 aromatic heterocycles. The fourth-order valence-electron chi connectivity index (χ4n) is 0.997. The molecule has 0 fully saturated rings.